The molecule has 3 aromatic rings. The predicted octanol–water partition coefficient (Wildman–Crippen LogP) is 3.10. The van der Waals surface area contributed by atoms with Crippen LogP contribution in [0.4, 0.5) is 0 Å². The van der Waals surface area contributed by atoms with Gasteiger partial charge in [-0.2, -0.15) is 0 Å². The molecule has 0 fully saturated rings. The average Bonchev–Trinajstić information content (AvgIpc) is 2.91. The van der Waals surface area contributed by atoms with Crippen LogP contribution in [0.1, 0.15) is 17.2 Å². The van der Waals surface area contributed by atoms with E-state index < -0.39 is 6.10 Å². The van der Waals surface area contributed by atoms with Crippen molar-refractivity contribution in [2.75, 3.05) is 0 Å². The van der Waals surface area contributed by atoms with Crippen molar-refractivity contribution in [3.05, 3.63) is 66.2 Å². The minimum absolute atomic E-state index is 0.534. The van der Waals surface area contributed by atoms with E-state index in [2.05, 4.69) is 4.98 Å². The maximum Gasteiger partial charge on any atom is 0.0935 e. The molecule has 0 saturated carbocycles. The third-order valence-corrected chi connectivity index (χ3v) is 3.03. The molecule has 0 bridgehead atoms. The number of aliphatic hydroxyl groups is 1. The number of furan rings is 1. The lowest BCUT2D eigenvalue weighted by atomic mass is 10.0. The van der Waals surface area contributed by atoms with Gasteiger partial charge in [0.2, 0.25) is 0 Å². The maximum absolute atomic E-state index is 10.3. The first kappa shape index (κ1) is 11.0. The lowest BCUT2D eigenvalue weighted by Crippen LogP contribution is -2.02. The molecule has 18 heavy (non-hydrogen) atoms. The van der Waals surface area contributed by atoms with Crippen LogP contribution in [0.5, 0.6) is 0 Å². The average molecular weight is 239 g/mol. The number of fused-ring (bicyclic) bond motifs is 1. The molecule has 2 heterocycles. The Morgan fingerprint density at radius 1 is 1.17 bits per heavy atom. The van der Waals surface area contributed by atoms with E-state index in [1.54, 1.807) is 18.7 Å². The summed E-state index contributed by atoms with van der Waals surface area (Å²) in [6, 6.07) is 11.6. The summed E-state index contributed by atoms with van der Waals surface area (Å²) < 4.78 is 5.01. The number of para-hydroxylation sites is 1. The second-order valence-corrected chi connectivity index (χ2v) is 4.27. The number of rotatable bonds is 3. The third kappa shape index (κ3) is 2.00. The van der Waals surface area contributed by atoms with Gasteiger partial charge in [-0.05, 0) is 17.7 Å². The Balaban J connectivity index is 1.98. The summed E-state index contributed by atoms with van der Waals surface area (Å²) in [4.78, 5) is 4.35. The van der Waals surface area contributed by atoms with Crippen LogP contribution in [0.3, 0.4) is 0 Å². The zero-order valence-electron chi connectivity index (χ0n) is 9.78. The van der Waals surface area contributed by atoms with Gasteiger partial charge in [-0.1, -0.05) is 24.3 Å². The van der Waals surface area contributed by atoms with Gasteiger partial charge in [0.1, 0.15) is 0 Å². The third-order valence-electron chi connectivity index (χ3n) is 3.03. The molecule has 2 aromatic heterocycles. The quantitative estimate of drug-likeness (QED) is 0.763. The molecule has 90 valence electrons. The number of aliphatic hydroxyl groups excluding tert-OH is 1. The topological polar surface area (TPSA) is 46.3 Å². The first-order valence-corrected chi connectivity index (χ1v) is 5.87. The van der Waals surface area contributed by atoms with E-state index in [9.17, 15) is 5.11 Å². The van der Waals surface area contributed by atoms with Crippen molar-refractivity contribution >= 4 is 10.9 Å². The predicted molar refractivity (Wildman–Crippen MR) is 69.1 cm³/mol. The van der Waals surface area contributed by atoms with Crippen LogP contribution in [0, 0.1) is 0 Å². The SMILES string of the molecule is OC(Cc1ccoc1)c1cccc2cccnc12. The van der Waals surface area contributed by atoms with Crippen molar-refractivity contribution in [3.63, 3.8) is 0 Å². The van der Waals surface area contributed by atoms with E-state index >= 15 is 0 Å². The van der Waals surface area contributed by atoms with Gasteiger partial charge in [-0.3, -0.25) is 4.98 Å². The molecular formula is C15H13NO2. The lowest BCUT2D eigenvalue weighted by Gasteiger charge is -2.11. The Bertz CT molecular complexity index is 641. The standard InChI is InChI=1S/C15H13NO2/c17-14(9-11-6-8-18-10-11)13-5-1-3-12-4-2-7-16-15(12)13/h1-8,10,14,17H,9H2. The summed E-state index contributed by atoms with van der Waals surface area (Å²) in [5.74, 6) is 0. The number of hydrogen-bond acceptors (Lipinski definition) is 3. The number of pyridine rings is 1. The molecule has 0 spiro atoms. The van der Waals surface area contributed by atoms with Gasteiger partial charge in [0, 0.05) is 23.6 Å². The molecule has 0 amide bonds. The van der Waals surface area contributed by atoms with E-state index in [-0.39, 0.29) is 0 Å². The minimum atomic E-state index is -0.568. The van der Waals surface area contributed by atoms with Gasteiger partial charge in [0.25, 0.3) is 0 Å². The first-order chi connectivity index (χ1) is 8.84. The Morgan fingerprint density at radius 3 is 2.89 bits per heavy atom. The zero-order chi connectivity index (χ0) is 12.4. The van der Waals surface area contributed by atoms with Gasteiger partial charge in [-0.15, -0.1) is 0 Å². The molecule has 0 aliphatic rings. The summed E-state index contributed by atoms with van der Waals surface area (Å²) in [5, 5.41) is 11.4. The fraction of sp³-hybridized carbons (Fsp3) is 0.133. The Labute approximate surface area is 105 Å². The first-order valence-electron chi connectivity index (χ1n) is 5.87. The van der Waals surface area contributed by atoms with Gasteiger partial charge in [0.15, 0.2) is 0 Å². The fourth-order valence-corrected chi connectivity index (χ4v) is 2.14. The molecule has 0 aliphatic carbocycles. The van der Waals surface area contributed by atoms with Crippen molar-refractivity contribution in [1.29, 1.82) is 0 Å². The van der Waals surface area contributed by atoms with Crippen molar-refractivity contribution in [2.24, 2.45) is 0 Å². The van der Waals surface area contributed by atoms with Gasteiger partial charge in [-0.25, -0.2) is 0 Å². The van der Waals surface area contributed by atoms with Gasteiger partial charge in [0.05, 0.1) is 24.1 Å². The summed E-state index contributed by atoms with van der Waals surface area (Å²) in [7, 11) is 0. The summed E-state index contributed by atoms with van der Waals surface area (Å²) in [5.41, 5.74) is 2.70. The molecule has 3 rings (SSSR count). The molecule has 1 aromatic carbocycles. The highest BCUT2D eigenvalue weighted by molar-refractivity contribution is 5.81. The summed E-state index contributed by atoms with van der Waals surface area (Å²) in [6.45, 7) is 0. The van der Waals surface area contributed by atoms with Crippen LogP contribution in [0.25, 0.3) is 10.9 Å². The molecule has 0 saturated heterocycles. The van der Waals surface area contributed by atoms with Crippen molar-refractivity contribution in [2.45, 2.75) is 12.5 Å². The van der Waals surface area contributed by atoms with Gasteiger partial charge < -0.3 is 9.52 Å². The van der Waals surface area contributed by atoms with Crippen molar-refractivity contribution in [3.8, 4) is 0 Å². The van der Waals surface area contributed by atoms with Crippen LogP contribution in [0.2, 0.25) is 0 Å². The Hall–Kier alpha value is -2.13. The van der Waals surface area contributed by atoms with E-state index in [4.69, 9.17) is 4.42 Å². The molecule has 3 heteroatoms. The molecule has 3 nitrogen and oxygen atoms in total. The summed E-state index contributed by atoms with van der Waals surface area (Å²) >= 11 is 0. The highest BCUT2D eigenvalue weighted by atomic mass is 16.3. The molecular weight excluding hydrogens is 226 g/mol. The van der Waals surface area contributed by atoms with E-state index in [0.29, 0.717) is 6.42 Å². The summed E-state index contributed by atoms with van der Waals surface area (Å²) in [6.07, 6.45) is 4.98. The minimum Gasteiger partial charge on any atom is -0.472 e. The van der Waals surface area contributed by atoms with Crippen molar-refractivity contribution < 1.29 is 9.52 Å². The molecule has 1 N–H and O–H groups in total. The zero-order valence-corrected chi connectivity index (χ0v) is 9.78. The van der Waals surface area contributed by atoms with Crippen LogP contribution in [-0.2, 0) is 6.42 Å². The van der Waals surface area contributed by atoms with Crippen LogP contribution in [-0.4, -0.2) is 10.1 Å². The molecule has 1 unspecified atom stereocenters. The molecule has 1 atom stereocenters. The van der Waals surface area contributed by atoms with Gasteiger partial charge >= 0.3 is 0 Å². The highest BCUT2D eigenvalue weighted by Gasteiger charge is 2.13. The number of nitrogens with zero attached hydrogens (tertiary/aromatic N) is 1. The second kappa shape index (κ2) is 4.63. The van der Waals surface area contributed by atoms with Crippen molar-refractivity contribution in [1.82, 2.24) is 4.98 Å². The van der Waals surface area contributed by atoms with E-state index in [0.717, 1.165) is 22.0 Å². The lowest BCUT2D eigenvalue weighted by molar-refractivity contribution is 0.179. The van der Waals surface area contributed by atoms with Crippen LogP contribution in [0.15, 0.2) is 59.5 Å². The number of aromatic nitrogens is 1. The highest BCUT2D eigenvalue weighted by Crippen LogP contribution is 2.25. The second-order valence-electron chi connectivity index (χ2n) is 4.27. The molecule has 0 radical (unpaired) electrons. The Kier molecular flexibility index (Phi) is 2.82. The number of benzene rings is 1. The monoisotopic (exact) mass is 239 g/mol. The van der Waals surface area contributed by atoms with E-state index in [1.807, 2.05) is 36.4 Å². The smallest absolute Gasteiger partial charge is 0.0935 e. The van der Waals surface area contributed by atoms with Crippen LogP contribution >= 0.6 is 0 Å². The normalized spacial score (nSPS) is 12.7. The largest absolute Gasteiger partial charge is 0.472 e. The van der Waals surface area contributed by atoms with E-state index in [1.165, 1.54) is 0 Å². The van der Waals surface area contributed by atoms with Crippen LogP contribution < -0.4 is 0 Å². The molecule has 0 aliphatic heterocycles. The number of hydrogen-bond donors (Lipinski definition) is 1. The maximum atomic E-state index is 10.3. The Morgan fingerprint density at radius 2 is 2.06 bits per heavy atom. The fourth-order valence-electron chi connectivity index (χ4n) is 2.14.